The first-order valence-corrected chi connectivity index (χ1v) is 9.53. The fourth-order valence-corrected chi connectivity index (χ4v) is 3.30. The topological polar surface area (TPSA) is 53.5 Å². The summed E-state index contributed by atoms with van der Waals surface area (Å²) in [7, 11) is 1.80. The highest BCUT2D eigenvalue weighted by Gasteiger charge is 2.31. The van der Waals surface area contributed by atoms with Gasteiger partial charge in [-0.25, -0.2) is 0 Å². The van der Waals surface area contributed by atoms with Crippen molar-refractivity contribution in [2.24, 2.45) is 0 Å². The van der Waals surface area contributed by atoms with Crippen LogP contribution in [-0.2, 0) is 16.0 Å². The molecule has 0 radical (unpaired) electrons. The van der Waals surface area contributed by atoms with Crippen LogP contribution in [0, 0.1) is 6.92 Å². The minimum Gasteiger partial charge on any atom is -0.341 e. The molecule has 1 aromatic heterocycles. The predicted octanol–water partition coefficient (Wildman–Crippen LogP) is 3.32. The van der Waals surface area contributed by atoms with Crippen molar-refractivity contribution in [3.8, 4) is 0 Å². The number of aryl methyl sites for hydroxylation is 2. The standard InChI is InChI=1S/C22H27N3O2/c1-4-21(26)24(3)20-10-8-18(9-11-20)19-14-25(15-19)22(27)12-7-17-6-5-16(2)23-13-17/h5-6,8-11,13,19H,4,7,12,14-15H2,1-3H3. The number of benzene rings is 1. The minimum absolute atomic E-state index is 0.104. The normalized spacial score (nSPS) is 14.0. The molecule has 2 aromatic rings. The molecule has 1 aliphatic rings. The van der Waals surface area contributed by atoms with Crippen LogP contribution in [0.2, 0.25) is 0 Å². The van der Waals surface area contributed by atoms with Crippen LogP contribution in [-0.4, -0.2) is 41.8 Å². The average molecular weight is 365 g/mol. The van der Waals surface area contributed by atoms with Gasteiger partial charge >= 0.3 is 0 Å². The van der Waals surface area contributed by atoms with Gasteiger partial charge in [0.15, 0.2) is 0 Å². The van der Waals surface area contributed by atoms with Crippen LogP contribution >= 0.6 is 0 Å². The van der Waals surface area contributed by atoms with E-state index in [9.17, 15) is 9.59 Å². The summed E-state index contributed by atoms with van der Waals surface area (Å²) in [6.45, 7) is 5.37. The summed E-state index contributed by atoms with van der Waals surface area (Å²) in [4.78, 5) is 32.0. The number of hydrogen-bond acceptors (Lipinski definition) is 3. The molecule has 1 aromatic carbocycles. The Morgan fingerprint density at radius 3 is 2.44 bits per heavy atom. The summed E-state index contributed by atoms with van der Waals surface area (Å²) in [6.07, 6.45) is 3.61. The Kier molecular flexibility index (Phi) is 5.89. The number of hydrogen-bond donors (Lipinski definition) is 0. The average Bonchev–Trinajstić information content (AvgIpc) is 2.65. The van der Waals surface area contributed by atoms with E-state index in [0.29, 0.717) is 18.8 Å². The molecule has 0 N–H and O–H groups in total. The fourth-order valence-electron chi connectivity index (χ4n) is 3.30. The van der Waals surface area contributed by atoms with Crippen LogP contribution in [0.5, 0.6) is 0 Å². The molecule has 3 rings (SSSR count). The number of nitrogens with zero attached hydrogens (tertiary/aromatic N) is 3. The van der Waals surface area contributed by atoms with Crippen LogP contribution in [0.25, 0.3) is 0 Å². The van der Waals surface area contributed by atoms with E-state index in [4.69, 9.17) is 0 Å². The lowest BCUT2D eigenvalue weighted by Crippen LogP contribution is -2.48. The van der Waals surface area contributed by atoms with Gasteiger partial charge in [0, 0.05) is 56.5 Å². The second kappa shape index (κ2) is 8.33. The highest BCUT2D eigenvalue weighted by Crippen LogP contribution is 2.29. The van der Waals surface area contributed by atoms with Gasteiger partial charge in [0.2, 0.25) is 11.8 Å². The van der Waals surface area contributed by atoms with Crippen molar-refractivity contribution in [3.63, 3.8) is 0 Å². The Labute approximate surface area is 161 Å². The van der Waals surface area contributed by atoms with Gasteiger partial charge in [-0.05, 0) is 42.7 Å². The number of amides is 2. The van der Waals surface area contributed by atoms with Gasteiger partial charge in [0.1, 0.15) is 0 Å². The van der Waals surface area contributed by atoms with E-state index in [1.807, 2.05) is 49.2 Å². The summed E-state index contributed by atoms with van der Waals surface area (Å²) < 4.78 is 0. The molecule has 27 heavy (non-hydrogen) atoms. The zero-order valence-corrected chi connectivity index (χ0v) is 16.3. The molecule has 0 unspecified atom stereocenters. The number of rotatable bonds is 6. The van der Waals surface area contributed by atoms with E-state index in [0.717, 1.165) is 36.5 Å². The zero-order valence-electron chi connectivity index (χ0n) is 16.3. The lowest BCUT2D eigenvalue weighted by atomic mass is 9.91. The van der Waals surface area contributed by atoms with Gasteiger partial charge in [0.05, 0.1) is 0 Å². The third kappa shape index (κ3) is 4.54. The quantitative estimate of drug-likeness (QED) is 0.789. The molecule has 1 saturated heterocycles. The fraction of sp³-hybridized carbons (Fsp3) is 0.409. The first-order chi connectivity index (χ1) is 13.0. The third-order valence-electron chi connectivity index (χ3n) is 5.26. The Morgan fingerprint density at radius 1 is 1.15 bits per heavy atom. The van der Waals surface area contributed by atoms with Crippen LogP contribution in [0.1, 0.15) is 42.5 Å². The monoisotopic (exact) mass is 365 g/mol. The van der Waals surface area contributed by atoms with Crippen molar-refractivity contribution >= 4 is 17.5 Å². The molecular weight excluding hydrogens is 338 g/mol. The van der Waals surface area contributed by atoms with Crippen molar-refractivity contribution in [1.29, 1.82) is 0 Å². The van der Waals surface area contributed by atoms with Gasteiger partial charge < -0.3 is 9.80 Å². The van der Waals surface area contributed by atoms with E-state index in [1.165, 1.54) is 5.56 Å². The maximum Gasteiger partial charge on any atom is 0.226 e. The molecule has 1 fully saturated rings. The summed E-state index contributed by atoms with van der Waals surface area (Å²) in [6, 6.07) is 12.1. The molecule has 0 aliphatic carbocycles. The van der Waals surface area contributed by atoms with Crippen molar-refractivity contribution in [1.82, 2.24) is 9.88 Å². The van der Waals surface area contributed by atoms with Crippen molar-refractivity contribution in [3.05, 3.63) is 59.4 Å². The van der Waals surface area contributed by atoms with Crippen LogP contribution in [0.15, 0.2) is 42.6 Å². The smallest absolute Gasteiger partial charge is 0.226 e. The zero-order chi connectivity index (χ0) is 19.4. The number of pyridine rings is 1. The molecular formula is C22H27N3O2. The van der Waals surface area contributed by atoms with Gasteiger partial charge in [-0.1, -0.05) is 25.1 Å². The van der Waals surface area contributed by atoms with E-state index >= 15 is 0 Å². The largest absolute Gasteiger partial charge is 0.341 e. The summed E-state index contributed by atoms with van der Waals surface area (Å²) >= 11 is 0. The van der Waals surface area contributed by atoms with Crippen LogP contribution in [0.3, 0.4) is 0 Å². The van der Waals surface area contributed by atoms with Crippen molar-refractivity contribution in [2.75, 3.05) is 25.0 Å². The van der Waals surface area contributed by atoms with Gasteiger partial charge in [-0.3, -0.25) is 14.6 Å². The van der Waals surface area contributed by atoms with E-state index in [-0.39, 0.29) is 11.8 Å². The Bertz CT molecular complexity index is 793. The van der Waals surface area contributed by atoms with Crippen molar-refractivity contribution < 1.29 is 9.59 Å². The molecule has 5 heteroatoms. The Balaban J connectivity index is 1.48. The Morgan fingerprint density at radius 2 is 1.85 bits per heavy atom. The van der Waals surface area contributed by atoms with Crippen molar-refractivity contribution in [2.45, 2.75) is 39.0 Å². The number of aromatic nitrogens is 1. The maximum absolute atomic E-state index is 12.4. The lowest BCUT2D eigenvalue weighted by molar-refractivity contribution is -0.135. The third-order valence-corrected chi connectivity index (χ3v) is 5.26. The van der Waals surface area contributed by atoms with Crippen LogP contribution < -0.4 is 4.90 Å². The second-order valence-electron chi connectivity index (χ2n) is 7.20. The van der Waals surface area contributed by atoms with E-state index in [1.54, 1.807) is 11.9 Å². The summed E-state index contributed by atoms with van der Waals surface area (Å²) in [5, 5.41) is 0. The molecule has 0 bridgehead atoms. The molecule has 1 aliphatic heterocycles. The molecule has 2 amide bonds. The lowest BCUT2D eigenvalue weighted by Gasteiger charge is -2.40. The number of anilines is 1. The SMILES string of the molecule is CCC(=O)N(C)c1ccc(C2CN(C(=O)CCc3ccc(C)nc3)C2)cc1. The van der Waals surface area contributed by atoms with E-state index < -0.39 is 0 Å². The molecule has 2 heterocycles. The van der Waals surface area contributed by atoms with E-state index in [2.05, 4.69) is 17.1 Å². The van der Waals surface area contributed by atoms with Gasteiger partial charge in [0.25, 0.3) is 0 Å². The molecule has 0 saturated carbocycles. The second-order valence-corrected chi connectivity index (χ2v) is 7.20. The number of carbonyl (C=O) groups excluding carboxylic acids is 2. The highest BCUT2D eigenvalue weighted by atomic mass is 16.2. The number of carbonyl (C=O) groups is 2. The minimum atomic E-state index is 0.104. The molecule has 142 valence electrons. The van der Waals surface area contributed by atoms with Gasteiger partial charge in [-0.15, -0.1) is 0 Å². The maximum atomic E-state index is 12.4. The first-order valence-electron chi connectivity index (χ1n) is 9.53. The number of likely N-dealkylation sites (tertiary alicyclic amines) is 1. The first kappa shape index (κ1) is 19.1. The Hall–Kier alpha value is -2.69. The summed E-state index contributed by atoms with van der Waals surface area (Å²) in [5.74, 6) is 0.694. The molecule has 0 spiro atoms. The van der Waals surface area contributed by atoms with Gasteiger partial charge in [-0.2, -0.15) is 0 Å². The molecule has 0 atom stereocenters. The molecule has 5 nitrogen and oxygen atoms in total. The predicted molar refractivity (Wildman–Crippen MR) is 107 cm³/mol. The summed E-state index contributed by atoms with van der Waals surface area (Å²) in [5.41, 5.74) is 4.23. The van der Waals surface area contributed by atoms with Crippen LogP contribution in [0.4, 0.5) is 5.69 Å². The highest BCUT2D eigenvalue weighted by molar-refractivity contribution is 5.92.